The first-order valence-corrected chi connectivity index (χ1v) is 7.13. The molecule has 0 radical (unpaired) electrons. The molecule has 0 spiro atoms. The summed E-state index contributed by atoms with van der Waals surface area (Å²) >= 11 is 0. The zero-order valence-corrected chi connectivity index (χ0v) is 11.1. The van der Waals surface area contributed by atoms with Crippen LogP contribution in [0.1, 0.15) is 24.8 Å². The van der Waals surface area contributed by atoms with E-state index in [-0.39, 0.29) is 6.03 Å². The molecule has 2 fully saturated rings. The lowest BCUT2D eigenvalue weighted by molar-refractivity contribution is 0.235. The Bertz CT molecular complexity index is 430. The second-order valence-corrected chi connectivity index (χ2v) is 5.60. The van der Waals surface area contributed by atoms with Crippen LogP contribution in [-0.4, -0.2) is 36.1 Å². The Hall–Kier alpha value is -1.55. The maximum atomic E-state index is 11.7. The van der Waals surface area contributed by atoms with Crippen molar-refractivity contribution in [3.8, 4) is 0 Å². The first-order chi connectivity index (χ1) is 9.29. The molecule has 2 N–H and O–H groups in total. The van der Waals surface area contributed by atoms with Crippen molar-refractivity contribution in [2.75, 3.05) is 13.1 Å². The predicted octanol–water partition coefficient (Wildman–Crippen LogP) is 1.72. The van der Waals surface area contributed by atoms with Gasteiger partial charge in [-0.05, 0) is 24.8 Å². The minimum Gasteiger partial charge on any atom is -0.335 e. The molecule has 19 heavy (non-hydrogen) atoms. The Labute approximate surface area is 114 Å². The molecule has 1 aliphatic carbocycles. The van der Waals surface area contributed by atoms with E-state index in [9.17, 15) is 4.79 Å². The van der Waals surface area contributed by atoms with E-state index in [1.807, 2.05) is 6.07 Å². The number of benzene rings is 1. The molecule has 1 saturated carbocycles. The molecule has 1 heterocycles. The summed E-state index contributed by atoms with van der Waals surface area (Å²) < 4.78 is 0. The van der Waals surface area contributed by atoms with Gasteiger partial charge in [0.05, 0.1) is 0 Å². The highest BCUT2D eigenvalue weighted by Crippen LogP contribution is 2.18. The van der Waals surface area contributed by atoms with Crippen molar-refractivity contribution in [2.24, 2.45) is 0 Å². The molecule has 1 aliphatic heterocycles. The lowest BCUT2D eigenvalue weighted by Gasteiger charge is -2.17. The summed E-state index contributed by atoms with van der Waals surface area (Å²) in [7, 11) is 0. The Morgan fingerprint density at radius 3 is 2.58 bits per heavy atom. The fourth-order valence-corrected chi connectivity index (χ4v) is 2.58. The second kappa shape index (κ2) is 5.61. The van der Waals surface area contributed by atoms with Gasteiger partial charge in [-0.15, -0.1) is 0 Å². The van der Waals surface area contributed by atoms with Crippen LogP contribution in [0.5, 0.6) is 0 Å². The summed E-state index contributed by atoms with van der Waals surface area (Å²) in [5.41, 5.74) is 1.34. The van der Waals surface area contributed by atoms with Crippen LogP contribution >= 0.6 is 0 Å². The molecule has 4 heteroatoms. The monoisotopic (exact) mass is 259 g/mol. The van der Waals surface area contributed by atoms with E-state index in [1.54, 1.807) is 0 Å². The summed E-state index contributed by atoms with van der Waals surface area (Å²) in [4.78, 5) is 14.1. The molecule has 4 nitrogen and oxygen atoms in total. The van der Waals surface area contributed by atoms with Gasteiger partial charge in [-0.1, -0.05) is 30.3 Å². The predicted molar refractivity (Wildman–Crippen MR) is 74.8 cm³/mol. The number of carbonyl (C=O) groups excluding carboxylic acids is 1. The van der Waals surface area contributed by atoms with Gasteiger partial charge in [0.1, 0.15) is 0 Å². The van der Waals surface area contributed by atoms with Gasteiger partial charge in [0, 0.05) is 31.7 Å². The lowest BCUT2D eigenvalue weighted by atomic mass is 10.2. The van der Waals surface area contributed by atoms with Gasteiger partial charge in [-0.2, -0.15) is 0 Å². The zero-order chi connectivity index (χ0) is 13.1. The number of likely N-dealkylation sites (tertiary alicyclic amines) is 1. The molecule has 102 valence electrons. The summed E-state index contributed by atoms with van der Waals surface area (Å²) in [5, 5.41) is 6.05. The molecular weight excluding hydrogens is 238 g/mol. The Morgan fingerprint density at radius 2 is 1.84 bits per heavy atom. The molecule has 1 saturated heterocycles. The first kappa shape index (κ1) is 12.5. The van der Waals surface area contributed by atoms with Crippen LogP contribution in [0, 0.1) is 0 Å². The number of nitrogens with one attached hydrogen (secondary N) is 2. The van der Waals surface area contributed by atoms with Gasteiger partial charge in [0.25, 0.3) is 0 Å². The van der Waals surface area contributed by atoms with Crippen molar-refractivity contribution >= 4 is 6.03 Å². The van der Waals surface area contributed by atoms with Crippen molar-refractivity contribution in [2.45, 2.75) is 37.9 Å². The van der Waals surface area contributed by atoms with E-state index in [1.165, 1.54) is 5.56 Å². The van der Waals surface area contributed by atoms with Crippen LogP contribution in [0.4, 0.5) is 4.79 Å². The fraction of sp³-hybridized carbons (Fsp3) is 0.533. The second-order valence-electron chi connectivity index (χ2n) is 5.60. The minimum atomic E-state index is 0.00839. The van der Waals surface area contributed by atoms with Gasteiger partial charge in [0.15, 0.2) is 0 Å². The molecule has 0 unspecified atom stereocenters. The number of hydrogen-bond acceptors (Lipinski definition) is 2. The number of urea groups is 1. The maximum Gasteiger partial charge on any atom is 0.315 e. The van der Waals surface area contributed by atoms with E-state index in [4.69, 9.17) is 0 Å². The number of rotatable bonds is 4. The van der Waals surface area contributed by atoms with Crippen LogP contribution in [-0.2, 0) is 6.54 Å². The van der Waals surface area contributed by atoms with Crippen molar-refractivity contribution < 1.29 is 4.79 Å². The molecule has 2 aliphatic rings. The van der Waals surface area contributed by atoms with Gasteiger partial charge in [0.2, 0.25) is 0 Å². The molecule has 0 bridgehead atoms. The molecule has 1 aromatic carbocycles. The van der Waals surface area contributed by atoms with Crippen LogP contribution in [0.25, 0.3) is 0 Å². The van der Waals surface area contributed by atoms with E-state index in [0.29, 0.717) is 12.1 Å². The van der Waals surface area contributed by atoms with Crippen LogP contribution in [0.2, 0.25) is 0 Å². The Balaban J connectivity index is 1.43. The molecule has 1 aromatic rings. The van der Waals surface area contributed by atoms with Gasteiger partial charge >= 0.3 is 6.03 Å². The molecule has 2 amide bonds. The smallest absolute Gasteiger partial charge is 0.315 e. The number of amides is 2. The lowest BCUT2D eigenvalue weighted by Crippen LogP contribution is -2.44. The Kier molecular flexibility index (Phi) is 3.69. The summed E-state index contributed by atoms with van der Waals surface area (Å²) in [6, 6.07) is 11.2. The summed E-state index contributed by atoms with van der Waals surface area (Å²) in [6.07, 6.45) is 3.32. The number of hydrogen-bond donors (Lipinski definition) is 2. The van der Waals surface area contributed by atoms with E-state index in [0.717, 1.165) is 38.9 Å². The average Bonchev–Trinajstić information content (AvgIpc) is 3.11. The van der Waals surface area contributed by atoms with E-state index in [2.05, 4.69) is 39.8 Å². The van der Waals surface area contributed by atoms with Gasteiger partial charge in [-0.3, -0.25) is 4.90 Å². The minimum absolute atomic E-state index is 0.00839. The highest BCUT2D eigenvalue weighted by Gasteiger charge is 2.27. The molecule has 0 aromatic heterocycles. The van der Waals surface area contributed by atoms with E-state index < -0.39 is 0 Å². The van der Waals surface area contributed by atoms with E-state index >= 15 is 0 Å². The zero-order valence-electron chi connectivity index (χ0n) is 11.1. The van der Waals surface area contributed by atoms with Crippen molar-refractivity contribution in [1.82, 2.24) is 15.5 Å². The third kappa shape index (κ3) is 3.70. The third-order valence-corrected chi connectivity index (χ3v) is 3.77. The number of nitrogens with zero attached hydrogens (tertiary/aromatic N) is 1. The van der Waals surface area contributed by atoms with Gasteiger partial charge in [-0.25, -0.2) is 4.79 Å². The largest absolute Gasteiger partial charge is 0.335 e. The summed E-state index contributed by atoms with van der Waals surface area (Å²) in [6.45, 7) is 2.99. The molecule has 1 atom stereocenters. The third-order valence-electron chi connectivity index (χ3n) is 3.77. The van der Waals surface area contributed by atoms with Crippen LogP contribution in [0.3, 0.4) is 0 Å². The van der Waals surface area contributed by atoms with Crippen molar-refractivity contribution in [1.29, 1.82) is 0 Å². The maximum absolute atomic E-state index is 11.7. The van der Waals surface area contributed by atoms with Crippen LogP contribution < -0.4 is 10.6 Å². The highest BCUT2D eigenvalue weighted by atomic mass is 16.2. The first-order valence-electron chi connectivity index (χ1n) is 7.13. The van der Waals surface area contributed by atoms with Crippen LogP contribution in [0.15, 0.2) is 30.3 Å². The summed E-state index contributed by atoms with van der Waals surface area (Å²) in [5.74, 6) is 0. The average molecular weight is 259 g/mol. The van der Waals surface area contributed by atoms with Gasteiger partial charge < -0.3 is 10.6 Å². The quantitative estimate of drug-likeness (QED) is 0.865. The highest BCUT2D eigenvalue weighted by molar-refractivity contribution is 5.74. The Morgan fingerprint density at radius 1 is 1.11 bits per heavy atom. The fourth-order valence-electron chi connectivity index (χ4n) is 2.58. The van der Waals surface area contributed by atoms with Crippen molar-refractivity contribution in [3.63, 3.8) is 0 Å². The molecular formula is C15H21N3O. The standard InChI is InChI=1S/C15H21N3O/c19-15(16-13-6-7-13)17-14-8-9-18(11-14)10-12-4-2-1-3-5-12/h1-5,13-14H,6-11H2,(H2,16,17,19)/t14-/m1/s1. The molecule has 3 rings (SSSR count). The SMILES string of the molecule is O=C(NC1CC1)N[C@@H]1CCN(Cc2ccccc2)C1. The van der Waals surface area contributed by atoms with Crippen molar-refractivity contribution in [3.05, 3.63) is 35.9 Å². The topological polar surface area (TPSA) is 44.4 Å². The number of carbonyl (C=O) groups is 1. The normalized spacial score (nSPS) is 23.3.